The second-order valence-corrected chi connectivity index (χ2v) is 8.41. The highest BCUT2D eigenvalue weighted by atomic mass is 32.2. The maximum absolute atomic E-state index is 5.99. The standard InChI is InChI=1S/C19H28N2O2S/c1-15(23-19(2,3)4)21-9-12-24-18-6-5-17(13-16(18)14-21)20-7-10-22-11-8-20/h5-6,13H,1,7-12,14H2,2-4H3. The van der Waals surface area contributed by atoms with Gasteiger partial charge in [-0.1, -0.05) is 0 Å². The van der Waals surface area contributed by atoms with Crippen LogP contribution in [0.4, 0.5) is 5.69 Å². The highest BCUT2D eigenvalue weighted by Gasteiger charge is 2.22. The van der Waals surface area contributed by atoms with Crippen molar-refractivity contribution in [2.75, 3.05) is 43.5 Å². The van der Waals surface area contributed by atoms with E-state index in [-0.39, 0.29) is 5.60 Å². The van der Waals surface area contributed by atoms with E-state index in [2.05, 4.69) is 55.3 Å². The third-order valence-corrected chi connectivity index (χ3v) is 5.27. The van der Waals surface area contributed by atoms with Gasteiger partial charge in [-0.2, -0.15) is 0 Å². The summed E-state index contributed by atoms with van der Waals surface area (Å²) < 4.78 is 11.5. The molecule has 132 valence electrons. The second kappa shape index (κ2) is 7.28. The van der Waals surface area contributed by atoms with E-state index >= 15 is 0 Å². The van der Waals surface area contributed by atoms with Crippen molar-refractivity contribution >= 4 is 17.4 Å². The third kappa shape index (κ3) is 4.39. The van der Waals surface area contributed by atoms with Gasteiger partial charge < -0.3 is 19.3 Å². The van der Waals surface area contributed by atoms with Crippen molar-refractivity contribution in [2.24, 2.45) is 0 Å². The summed E-state index contributed by atoms with van der Waals surface area (Å²) in [5, 5.41) is 0. The highest BCUT2D eigenvalue weighted by Crippen LogP contribution is 2.32. The molecule has 0 aliphatic carbocycles. The molecule has 2 aliphatic heterocycles. The molecule has 0 bridgehead atoms. The summed E-state index contributed by atoms with van der Waals surface area (Å²) in [6.45, 7) is 15.7. The van der Waals surface area contributed by atoms with Crippen LogP contribution in [0, 0.1) is 0 Å². The number of fused-ring (bicyclic) bond motifs is 1. The molecule has 0 aromatic heterocycles. The van der Waals surface area contributed by atoms with E-state index in [1.165, 1.54) is 16.1 Å². The van der Waals surface area contributed by atoms with Crippen molar-refractivity contribution in [1.29, 1.82) is 0 Å². The Balaban J connectivity index is 1.77. The van der Waals surface area contributed by atoms with Crippen LogP contribution in [0.2, 0.25) is 0 Å². The van der Waals surface area contributed by atoms with Crippen LogP contribution in [0.3, 0.4) is 0 Å². The van der Waals surface area contributed by atoms with Gasteiger partial charge in [-0.3, -0.25) is 0 Å². The summed E-state index contributed by atoms with van der Waals surface area (Å²) in [6, 6.07) is 6.84. The number of hydrogen-bond donors (Lipinski definition) is 0. The van der Waals surface area contributed by atoms with Crippen LogP contribution in [-0.4, -0.2) is 49.1 Å². The smallest absolute Gasteiger partial charge is 0.182 e. The molecule has 2 heterocycles. The van der Waals surface area contributed by atoms with Crippen molar-refractivity contribution in [3.8, 4) is 0 Å². The summed E-state index contributed by atoms with van der Waals surface area (Å²) in [5.41, 5.74) is 2.44. The first kappa shape index (κ1) is 17.5. The Kier molecular flexibility index (Phi) is 5.30. The molecule has 2 aliphatic rings. The first-order chi connectivity index (χ1) is 11.4. The molecule has 0 amide bonds. The quantitative estimate of drug-likeness (QED) is 0.776. The number of ether oxygens (including phenoxy) is 2. The summed E-state index contributed by atoms with van der Waals surface area (Å²) in [5.74, 6) is 1.82. The molecule has 0 spiro atoms. The van der Waals surface area contributed by atoms with Crippen molar-refractivity contribution in [1.82, 2.24) is 4.90 Å². The van der Waals surface area contributed by atoms with Gasteiger partial charge in [0.1, 0.15) is 5.60 Å². The number of nitrogens with zero attached hydrogens (tertiary/aromatic N) is 2. The van der Waals surface area contributed by atoms with Crippen molar-refractivity contribution in [3.05, 3.63) is 36.2 Å². The zero-order valence-corrected chi connectivity index (χ0v) is 15.8. The fraction of sp³-hybridized carbons (Fsp3) is 0.579. The molecule has 1 aromatic rings. The Morgan fingerprint density at radius 3 is 2.67 bits per heavy atom. The number of anilines is 1. The molecule has 0 unspecified atom stereocenters. The van der Waals surface area contributed by atoms with E-state index in [0.717, 1.165) is 51.0 Å². The van der Waals surface area contributed by atoms with E-state index < -0.39 is 0 Å². The minimum atomic E-state index is -0.213. The predicted molar refractivity (Wildman–Crippen MR) is 101 cm³/mol. The molecule has 0 atom stereocenters. The lowest BCUT2D eigenvalue weighted by Crippen LogP contribution is -2.36. The fourth-order valence-electron chi connectivity index (χ4n) is 3.03. The average molecular weight is 349 g/mol. The molecule has 1 aromatic carbocycles. The van der Waals surface area contributed by atoms with Gasteiger partial charge >= 0.3 is 0 Å². The van der Waals surface area contributed by atoms with Crippen LogP contribution in [0.25, 0.3) is 0 Å². The largest absolute Gasteiger partial charge is 0.474 e. The number of benzene rings is 1. The lowest BCUT2D eigenvalue weighted by Gasteiger charge is -2.31. The van der Waals surface area contributed by atoms with Crippen LogP contribution in [-0.2, 0) is 16.0 Å². The SMILES string of the molecule is C=C(OC(C)(C)C)N1CCSc2ccc(N3CCOCC3)cc2C1. The van der Waals surface area contributed by atoms with Gasteiger partial charge in [0.15, 0.2) is 5.88 Å². The summed E-state index contributed by atoms with van der Waals surface area (Å²) in [7, 11) is 0. The van der Waals surface area contributed by atoms with Gasteiger partial charge in [-0.05, 0) is 51.1 Å². The Labute approximate surface area is 149 Å². The monoisotopic (exact) mass is 348 g/mol. The number of rotatable bonds is 3. The van der Waals surface area contributed by atoms with Crippen LogP contribution in [0.15, 0.2) is 35.6 Å². The Morgan fingerprint density at radius 2 is 1.96 bits per heavy atom. The lowest BCUT2D eigenvalue weighted by molar-refractivity contribution is 0.00237. The summed E-state index contributed by atoms with van der Waals surface area (Å²) in [6.07, 6.45) is 0. The van der Waals surface area contributed by atoms with E-state index in [9.17, 15) is 0 Å². The first-order valence-corrected chi connectivity index (χ1v) is 9.62. The van der Waals surface area contributed by atoms with Crippen LogP contribution < -0.4 is 4.90 Å². The molecule has 24 heavy (non-hydrogen) atoms. The number of thioether (sulfide) groups is 1. The zero-order valence-electron chi connectivity index (χ0n) is 15.0. The van der Waals surface area contributed by atoms with Crippen LogP contribution in [0.1, 0.15) is 26.3 Å². The van der Waals surface area contributed by atoms with E-state index in [0.29, 0.717) is 0 Å². The maximum Gasteiger partial charge on any atom is 0.182 e. The Morgan fingerprint density at radius 1 is 1.21 bits per heavy atom. The van der Waals surface area contributed by atoms with Gasteiger partial charge in [0.2, 0.25) is 0 Å². The summed E-state index contributed by atoms with van der Waals surface area (Å²) in [4.78, 5) is 6.04. The fourth-order valence-corrected chi connectivity index (χ4v) is 4.03. The molecule has 1 fully saturated rings. The predicted octanol–water partition coefficient (Wildman–Crippen LogP) is 3.72. The van der Waals surface area contributed by atoms with E-state index in [1.54, 1.807) is 0 Å². The minimum absolute atomic E-state index is 0.213. The van der Waals surface area contributed by atoms with Gasteiger partial charge in [-0.25, -0.2) is 0 Å². The summed E-state index contributed by atoms with van der Waals surface area (Å²) >= 11 is 1.92. The molecule has 5 heteroatoms. The van der Waals surface area contributed by atoms with Gasteiger partial charge in [0.05, 0.1) is 13.2 Å². The van der Waals surface area contributed by atoms with Gasteiger partial charge in [0.25, 0.3) is 0 Å². The Bertz CT molecular complexity index is 592. The molecule has 4 nitrogen and oxygen atoms in total. The Hall–Kier alpha value is -1.33. The number of hydrogen-bond acceptors (Lipinski definition) is 5. The molecule has 3 rings (SSSR count). The number of morpholine rings is 1. The van der Waals surface area contributed by atoms with Crippen LogP contribution in [0.5, 0.6) is 0 Å². The normalized spacial score (nSPS) is 18.8. The topological polar surface area (TPSA) is 24.9 Å². The van der Waals surface area contributed by atoms with Crippen molar-refractivity contribution in [2.45, 2.75) is 37.8 Å². The molecule has 0 radical (unpaired) electrons. The maximum atomic E-state index is 5.99. The molecule has 0 N–H and O–H groups in total. The molecular weight excluding hydrogens is 320 g/mol. The second-order valence-electron chi connectivity index (χ2n) is 7.27. The molecule has 1 saturated heterocycles. The highest BCUT2D eigenvalue weighted by molar-refractivity contribution is 7.99. The van der Waals surface area contributed by atoms with Gasteiger partial charge in [0, 0.05) is 42.5 Å². The van der Waals surface area contributed by atoms with Gasteiger partial charge in [-0.15, -0.1) is 11.8 Å². The third-order valence-electron chi connectivity index (χ3n) is 4.18. The molecule has 0 saturated carbocycles. The van der Waals surface area contributed by atoms with Crippen molar-refractivity contribution < 1.29 is 9.47 Å². The lowest BCUT2D eigenvalue weighted by atomic mass is 10.1. The average Bonchev–Trinajstić information content (AvgIpc) is 2.75. The molecular formula is C19H28N2O2S. The van der Waals surface area contributed by atoms with E-state index in [4.69, 9.17) is 9.47 Å². The minimum Gasteiger partial charge on any atom is -0.474 e. The van der Waals surface area contributed by atoms with Crippen molar-refractivity contribution in [3.63, 3.8) is 0 Å². The van der Waals surface area contributed by atoms with E-state index in [1.807, 2.05) is 11.8 Å². The van der Waals surface area contributed by atoms with Crippen LogP contribution >= 0.6 is 11.8 Å². The first-order valence-electron chi connectivity index (χ1n) is 8.64. The zero-order chi connectivity index (χ0) is 17.2.